The quantitative estimate of drug-likeness (QED) is 0.318. The number of hydrogen-bond acceptors (Lipinski definition) is 8. The summed E-state index contributed by atoms with van der Waals surface area (Å²) in [5.41, 5.74) is 1.62. The molecule has 0 saturated carbocycles. The van der Waals surface area contributed by atoms with Crippen LogP contribution in [0.3, 0.4) is 0 Å². The van der Waals surface area contributed by atoms with Crippen LogP contribution >= 0.6 is 23.1 Å². The zero-order valence-electron chi connectivity index (χ0n) is 16.9. The summed E-state index contributed by atoms with van der Waals surface area (Å²) >= 11 is 2.97. The number of carbonyl (C=O) groups is 2. The molecule has 0 fully saturated rings. The van der Waals surface area contributed by atoms with Crippen molar-refractivity contribution in [2.75, 3.05) is 19.5 Å². The second-order valence-electron chi connectivity index (χ2n) is 6.52. The number of nitrogens with zero attached hydrogens (tertiary/aromatic N) is 2. The highest BCUT2D eigenvalue weighted by molar-refractivity contribution is 7.99. The first-order valence-electron chi connectivity index (χ1n) is 9.53. The molecule has 1 atom stereocenters. The van der Waals surface area contributed by atoms with E-state index in [1.54, 1.807) is 26.2 Å². The molecule has 2 N–H and O–H groups in total. The highest BCUT2D eigenvalue weighted by Crippen LogP contribution is 2.33. The lowest BCUT2D eigenvalue weighted by molar-refractivity contribution is -0.139. The van der Waals surface area contributed by atoms with Crippen molar-refractivity contribution in [2.45, 2.75) is 18.0 Å². The number of methoxy groups -OCH3 is 1. The molecule has 160 valence electrons. The molecule has 0 spiro atoms. The molecule has 1 aliphatic heterocycles. The standard InChI is InChI=1S/C21H20N4O4S2/c1-3-29-20(26)16-15(10-31-19-14-8-9-30-18(14)22-11-23-19)24-21(27)25-17(16)12-4-6-13(28-2)7-5-12/h4-9,11,17H,3,10H2,1-2H3,(H2,24,25,27). The molecule has 8 nitrogen and oxygen atoms in total. The zero-order chi connectivity index (χ0) is 21.8. The van der Waals surface area contributed by atoms with E-state index in [1.165, 1.54) is 29.4 Å². The molecule has 1 aliphatic rings. The van der Waals surface area contributed by atoms with Crippen LogP contribution < -0.4 is 15.4 Å². The monoisotopic (exact) mass is 456 g/mol. The van der Waals surface area contributed by atoms with Gasteiger partial charge in [-0.3, -0.25) is 0 Å². The van der Waals surface area contributed by atoms with Crippen LogP contribution in [0.5, 0.6) is 5.75 Å². The summed E-state index contributed by atoms with van der Waals surface area (Å²) in [4.78, 5) is 34.8. The molecule has 2 aromatic heterocycles. The Labute approximate surface area is 187 Å². The summed E-state index contributed by atoms with van der Waals surface area (Å²) in [6.07, 6.45) is 1.52. The minimum atomic E-state index is -0.638. The SMILES string of the molecule is CCOC(=O)C1=C(CSc2ncnc3sccc23)NC(=O)NC1c1ccc(OC)cc1. The van der Waals surface area contributed by atoms with Crippen molar-refractivity contribution >= 4 is 45.3 Å². The molecule has 1 aromatic carbocycles. The van der Waals surface area contributed by atoms with Crippen LogP contribution in [0.2, 0.25) is 0 Å². The molecule has 0 bridgehead atoms. The van der Waals surface area contributed by atoms with Gasteiger partial charge in [-0.25, -0.2) is 19.6 Å². The second kappa shape index (κ2) is 9.36. The number of rotatable bonds is 7. The number of ether oxygens (including phenoxy) is 2. The molecule has 0 radical (unpaired) electrons. The Morgan fingerprint density at radius 3 is 2.77 bits per heavy atom. The van der Waals surface area contributed by atoms with Crippen molar-refractivity contribution in [1.82, 2.24) is 20.6 Å². The van der Waals surface area contributed by atoms with E-state index >= 15 is 0 Å². The number of aromatic nitrogens is 2. The molecule has 4 rings (SSSR count). The Bertz CT molecular complexity index is 1140. The van der Waals surface area contributed by atoms with E-state index < -0.39 is 12.0 Å². The summed E-state index contributed by atoms with van der Waals surface area (Å²) in [5.74, 6) is 0.552. The first-order valence-corrected chi connectivity index (χ1v) is 11.4. The third-order valence-corrected chi connectivity index (χ3v) is 6.53. The molecular formula is C21H20N4O4S2. The van der Waals surface area contributed by atoms with Gasteiger partial charge in [-0.2, -0.15) is 0 Å². The van der Waals surface area contributed by atoms with Gasteiger partial charge in [-0.1, -0.05) is 23.9 Å². The van der Waals surface area contributed by atoms with E-state index in [9.17, 15) is 9.59 Å². The predicted octanol–water partition coefficient (Wildman–Crippen LogP) is 3.66. The van der Waals surface area contributed by atoms with E-state index in [2.05, 4.69) is 20.6 Å². The van der Waals surface area contributed by atoms with Gasteiger partial charge in [0.05, 0.1) is 25.3 Å². The smallest absolute Gasteiger partial charge is 0.338 e. The van der Waals surface area contributed by atoms with Gasteiger partial charge >= 0.3 is 12.0 Å². The average molecular weight is 457 g/mol. The summed E-state index contributed by atoms with van der Waals surface area (Å²) < 4.78 is 10.5. The van der Waals surface area contributed by atoms with Crippen LogP contribution in [0, 0.1) is 0 Å². The number of hydrogen-bond donors (Lipinski definition) is 2. The molecule has 0 aliphatic carbocycles. The van der Waals surface area contributed by atoms with Gasteiger partial charge in [-0.15, -0.1) is 11.3 Å². The third kappa shape index (κ3) is 4.49. The van der Waals surface area contributed by atoms with Crippen LogP contribution in [-0.4, -0.2) is 41.4 Å². The number of thioether (sulfide) groups is 1. The Hall–Kier alpha value is -3.11. The van der Waals surface area contributed by atoms with Crippen molar-refractivity contribution in [3.63, 3.8) is 0 Å². The van der Waals surface area contributed by atoms with Crippen molar-refractivity contribution in [3.05, 3.63) is 58.9 Å². The van der Waals surface area contributed by atoms with Gasteiger partial charge in [-0.05, 0) is 36.1 Å². The summed E-state index contributed by atoms with van der Waals surface area (Å²) in [7, 11) is 1.58. The Balaban J connectivity index is 1.69. The molecule has 3 heterocycles. The number of urea groups is 1. The van der Waals surface area contributed by atoms with Gasteiger partial charge < -0.3 is 20.1 Å². The normalized spacial score (nSPS) is 16.1. The number of nitrogens with one attached hydrogen (secondary N) is 2. The Morgan fingerprint density at radius 2 is 2.03 bits per heavy atom. The highest BCUT2D eigenvalue weighted by Gasteiger charge is 2.33. The number of esters is 1. The summed E-state index contributed by atoms with van der Waals surface area (Å²) in [5, 5.41) is 9.30. The third-order valence-electron chi connectivity index (χ3n) is 4.68. The fraction of sp³-hybridized carbons (Fsp3) is 0.238. The molecular weight excluding hydrogens is 436 g/mol. The van der Waals surface area contributed by atoms with Crippen molar-refractivity contribution < 1.29 is 19.1 Å². The van der Waals surface area contributed by atoms with E-state index in [1.807, 2.05) is 23.6 Å². The number of carbonyl (C=O) groups excluding carboxylic acids is 2. The van der Waals surface area contributed by atoms with E-state index in [-0.39, 0.29) is 12.6 Å². The first kappa shape index (κ1) is 21.1. The highest BCUT2D eigenvalue weighted by atomic mass is 32.2. The Kier molecular flexibility index (Phi) is 6.38. The van der Waals surface area contributed by atoms with E-state index in [4.69, 9.17) is 9.47 Å². The molecule has 0 saturated heterocycles. The topological polar surface area (TPSA) is 102 Å². The second-order valence-corrected chi connectivity index (χ2v) is 8.38. The summed E-state index contributed by atoms with van der Waals surface area (Å²) in [6, 6.07) is 8.15. The van der Waals surface area contributed by atoms with E-state index in [0.29, 0.717) is 22.8 Å². The number of thiophene rings is 1. The molecule has 3 aromatic rings. The van der Waals surface area contributed by atoms with Crippen molar-refractivity contribution in [1.29, 1.82) is 0 Å². The van der Waals surface area contributed by atoms with Gasteiger partial charge in [0.15, 0.2) is 0 Å². The maximum atomic E-state index is 12.9. The largest absolute Gasteiger partial charge is 0.497 e. The van der Waals surface area contributed by atoms with Gasteiger partial charge in [0.25, 0.3) is 0 Å². The lowest BCUT2D eigenvalue weighted by Gasteiger charge is -2.29. The van der Waals surface area contributed by atoms with Gasteiger partial charge in [0.1, 0.15) is 21.9 Å². The fourth-order valence-corrected chi connectivity index (χ4v) is 5.00. The summed E-state index contributed by atoms with van der Waals surface area (Å²) in [6.45, 7) is 1.98. The first-order chi connectivity index (χ1) is 15.1. The number of amides is 2. The van der Waals surface area contributed by atoms with Crippen LogP contribution in [0.1, 0.15) is 18.5 Å². The lowest BCUT2D eigenvalue weighted by Crippen LogP contribution is -2.46. The van der Waals surface area contributed by atoms with Crippen molar-refractivity contribution in [2.24, 2.45) is 0 Å². The van der Waals surface area contributed by atoms with Crippen LogP contribution in [0.25, 0.3) is 10.2 Å². The van der Waals surface area contributed by atoms with Crippen molar-refractivity contribution in [3.8, 4) is 5.75 Å². The number of fused-ring (bicyclic) bond motifs is 1. The maximum absolute atomic E-state index is 12.9. The molecule has 10 heteroatoms. The molecule has 2 amide bonds. The minimum absolute atomic E-state index is 0.230. The van der Waals surface area contributed by atoms with E-state index in [0.717, 1.165) is 20.8 Å². The van der Waals surface area contributed by atoms with Gasteiger partial charge in [0.2, 0.25) is 0 Å². The lowest BCUT2D eigenvalue weighted by atomic mass is 9.95. The predicted molar refractivity (Wildman–Crippen MR) is 119 cm³/mol. The minimum Gasteiger partial charge on any atom is -0.497 e. The van der Waals surface area contributed by atoms with Gasteiger partial charge in [0, 0.05) is 16.8 Å². The van der Waals surface area contributed by atoms with Crippen LogP contribution in [0.15, 0.2) is 58.3 Å². The van der Waals surface area contributed by atoms with Crippen LogP contribution in [-0.2, 0) is 9.53 Å². The average Bonchev–Trinajstić information content (AvgIpc) is 3.27. The molecule has 1 unspecified atom stereocenters. The fourth-order valence-electron chi connectivity index (χ4n) is 3.25. The maximum Gasteiger partial charge on any atom is 0.338 e. The van der Waals surface area contributed by atoms with Crippen LogP contribution in [0.4, 0.5) is 4.79 Å². The molecule has 31 heavy (non-hydrogen) atoms. The zero-order valence-corrected chi connectivity index (χ0v) is 18.5. The Morgan fingerprint density at radius 1 is 1.23 bits per heavy atom. The number of benzene rings is 1.